The molecule has 0 bridgehead atoms. The van der Waals surface area contributed by atoms with Crippen LogP contribution in [0.15, 0.2) is 18.2 Å². The maximum Gasteiger partial charge on any atom is 0.123 e. The van der Waals surface area contributed by atoms with Gasteiger partial charge in [-0.3, -0.25) is 0 Å². The van der Waals surface area contributed by atoms with Gasteiger partial charge in [0.05, 0.1) is 6.61 Å². The van der Waals surface area contributed by atoms with Gasteiger partial charge in [-0.1, -0.05) is 6.42 Å². The number of nitrogens with zero attached hydrogens (tertiary/aromatic N) is 1. The average Bonchev–Trinajstić information content (AvgIpc) is 2.88. The quantitative estimate of drug-likeness (QED) is 0.833. The summed E-state index contributed by atoms with van der Waals surface area (Å²) < 4.78 is 5.57. The molecule has 1 aromatic rings. The van der Waals surface area contributed by atoms with Crippen molar-refractivity contribution < 1.29 is 4.74 Å². The van der Waals surface area contributed by atoms with Crippen LogP contribution in [0, 0.1) is 11.8 Å². The SMILES string of the molecule is CCOc1cc(N)cc(N2CC3CCCC3C2)c1. The molecule has 3 nitrogen and oxygen atoms in total. The first-order valence-corrected chi connectivity index (χ1v) is 7.04. The van der Waals surface area contributed by atoms with Crippen molar-refractivity contribution in [1.29, 1.82) is 0 Å². The van der Waals surface area contributed by atoms with Crippen molar-refractivity contribution in [1.82, 2.24) is 0 Å². The minimum atomic E-state index is 0.689. The first-order chi connectivity index (χ1) is 8.76. The molecule has 1 aromatic carbocycles. The second-order valence-corrected chi connectivity index (χ2v) is 5.55. The van der Waals surface area contributed by atoms with E-state index in [-0.39, 0.29) is 0 Å². The number of benzene rings is 1. The van der Waals surface area contributed by atoms with E-state index >= 15 is 0 Å². The zero-order valence-corrected chi connectivity index (χ0v) is 11.1. The Bertz CT molecular complexity index is 421. The number of rotatable bonds is 3. The van der Waals surface area contributed by atoms with Gasteiger partial charge in [-0.05, 0) is 37.7 Å². The van der Waals surface area contributed by atoms with Crippen LogP contribution < -0.4 is 15.4 Å². The van der Waals surface area contributed by atoms with Crippen LogP contribution in [0.4, 0.5) is 11.4 Å². The lowest BCUT2D eigenvalue weighted by molar-refractivity contribution is 0.340. The molecule has 3 heteroatoms. The van der Waals surface area contributed by atoms with Gasteiger partial charge >= 0.3 is 0 Å². The van der Waals surface area contributed by atoms with E-state index in [0.29, 0.717) is 6.61 Å². The van der Waals surface area contributed by atoms with E-state index in [2.05, 4.69) is 17.0 Å². The molecule has 0 radical (unpaired) electrons. The summed E-state index contributed by atoms with van der Waals surface area (Å²) in [5, 5.41) is 0. The number of fused-ring (bicyclic) bond motifs is 1. The number of nitrogen functional groups attached to an aromatic ring is 1. The Labute approximate surface area is 109 Å². The van der Waals surface area contributed by atoms with Crippen molar-refractivity contribution in [3.8, 4) is 5.75 Å². The molecule has 2 aliphatic rings. The molecular weight excluding hydrogens is 224 g/mol. The van der Waals surface area contributed by atoms with E-state index in [1.165, 1.54) is 38.0 Å². The van der Waals surface area contributed by atoms with E-state index < -0.39 is 0 Å². The van der Waals surface area contributed by atoms with Crippen molar-refractivity contribution in [2.75, 3.05) is 30.3 Å². The van der Waals surface area contributed by atoms with Gasteiger partial charge in [0.15, 0.2) is 0 Å². The Kier molecular flexibility index (Phi) is 3.06. The molecule has 98 valence electrons. The molecule has 1 saturated heterocycles. The highest BCUT2D eigenvalue weighted by atomic mass is 16.5. The van der Waals surface area contributed by atoms with Gasteiger partial charge in [0.1, 0.15) is 5.75 Å². The summed E-state index contributed by atoms with van der Waals surface area (Å²) in [5.41, 5.74) is 8.00. The van der Waals surface area contributed by atoms with E-state index in [0.717, 1.165) is 23.3 Å². The van der Waals surface area contributed by atoms with Crippen LogP contribution in [0.1, 0.15) is 26.2 Å². The van der Waals surface area contributed by atoms with Gasteiger partial charge in [0, 0.05) is 36.6 Å². The fraction of sp³-hybridized carbons (Fsp3) is 0.600. The summed E-state index contributed by atoms with van der Waals surface area (Å²) >= 11 is 0. The second kappa shape index (κ2) is 4.71. The minimum Gasteiger partial charge on any atom is -0.494 e. The predicted molar refractivity (Wildman–Crippen MR) is 75.1 cm³/mol. The summed E-state index contributed by atoms with van der Waals surface area (Å²) in [6.07, 6.45) is 4.23. The van der Waals surface area contributed by atoms with E-state index in [1.54, 1.807) is 0 Å². The summed E-state index contributed by atoms with van der Waals surface area (Å²) in [5.74, 6) is 2.70. The lowest BCUT2D eigenvalue weighted by Gasteiger charge is -2.21. The monoisotopic (exact) mass is 246 g/mol. The van der Waals surface area contributed by atoms with Crippen LogP contribution in [0.5, 0.6) is 5.75 Å². The molecule has 2 unspecified atom stereocenters. The summed E-state index contributed by atoms with van der Waals surface area (Å²) in [4.78, 5) is 2.48. The predicted octanol–water partition coefficient (Wildman–Crippen LogP) is 2.90. The summed E-state index contributed by atoms with van der Waals surface area (Å²) in [6, 6.07) is 6.11. The maximum absolute atomic E-state index is 5.97. The van der Waals surface area contributed by atoms with Crippen molar-refractivity contribution in [2.24, 2.45) is 11.8 Å². The molecule has 1 aliphatic heterocycles. The highest BCUT2D eigenvalue weighted by Crippen LogP contribution is 2.40. The summed E-state index contributed by atoms with van der Waals surface area (Å²) in [7, 11) is 0. The lowest BCUT2D eigenvalue weighted by Crippen LogP contribution is -2.20. The third-order valence-electron chi connectivity index (χ3n) is 4.32. The highest BCUT2D eigenvalue weighted by Gasteiger charge is 2.36. The normalized spacial score (nSPS) is 26.4. The number of nitrogens with two attached hydrogens (primary N) is 1. The molecule has 1 heterocycles. The van der Waals surface area contributed by atoms with Gasteiger partial charge < -0.3 is 15.4 Å². The minimum absolute atomic E-state index is 0.689. The molecule has 3 rings (SSSR count). The van der Waals surface area contributed by atoms with Crippen molar-refractivity contribution >= 4 is 11.4 Å². The largest absolute Gasteiger partial charge is 0.494 e. The molecule has 1 aliphatic carbocycles. The first-order valence-electron chi connectivity index (χ1n) is 7.04. The fourth-order valence-corrected chi connectivity index (χ4v) is 3.48. The van der Waals surface area contributed by atoms with Crippen molar-refractivity contribution in [3.63, 3.8) is 0 Å². The number of anilines is 2. The number of hydrogen-bond donors (Lipinski definition) is 1. The first kappa shape index (κ1) is 11.7. The molecule has 2 fully saturated rings. The Morgan fingerprint density at radius 1 is 1.22 bits per heavy atom. The molecule has 18 heavy (non-hydrogen) atoms. The molecular formula is C15H22N2O. The standard InChI is InChI=1S/C15H22N2O/c1-2-18-15-7-13(16)6-14(8-15)17-9-11-4-3-5-12(11)10-17/h6-8,11-12H,2-5,9-10,16H2,1H3. The summed E-state index contributed by atoms with van der Waals surface area (Å²) in [6.45, 7) is 5.08. The molecule has 2 N–H and O–H groups in total. The van der Waals surface area contributed by atoms with E-state index in [1.807, 2.05) is 13.0 Å². The molecule has 0 spiro atoms. The zero-order valence-electron chi connectivity index (χ0n) is 11.1. The molecule has 0 amide bonds. The Morgan fingerprint density at radius 2 is 1.94 bits per heavy atom. The van der Waals surface area contributed by atoms with Crippen LogP contribution >= 0.6 is 0 Å². The molecule has 2 atom stereocenters. The van der Waals surface area contributed by atoms with Crippen molar-refractivity contribution in [3.05, 3.63) is 18.2 Å². The van der Waals surface area contributed by atoms with Crippen LogP contribution in [0.25, 0.3) is 0 Å². The average molecular weight is 246 g/mol. The van der Waals surface area contributed by atoms with Crippen LogP contribution in [-0.2, 0) is 0 Å². The maximum atomic E-state index is 5.97. The zero-order chi connectivity index (χ0) is 12.5. The van der Waals surface area contributed by atoms with Crippen LogP contribution in [0.3, 0.4) is 0 Å². The third-order valence-corrected chi connectivity index (χ3v) is 4.32. The van der Waals surface area contributed by atoms with Gasteiger partial charge in [-0.15, -0.1) is 0 Å². The Morgan fingerprint density at radius 3 is 2.61 bits per heavy atom. The van der Waals surface area contributed by atoms with Gasteiger partial charge in [0.25, 0.3) is 0 Å². The Hall–Kier alpha value is -1.38. The van der Waals surface area contributed by atoms with E-state index in [4.69, 9.17) is 10.5 Å². The molecule has 1 saturated carbocycles. The van der Waals surface area contributed by atoms with Crippen LogP contribution in [0.2, 0.25) is 0 Å². The lowest BCUT2D eigenvalue weighted by atomic mass is 10.0. The van der Waals surface area contributed by atoms with Gasteiger partial charge in [-0.25, -0.2) is 0 Å². The topological polar surface area (TPSA) is 38.5 Å². The Balaban J connectivity index is 1.79. The third kappa shape index (κ3) is 2.14. The molecule has 0 aromatic heterocycles. The smallest absolute Gasteiger partial charge is 0.123 e. The number of ether oxygens (including phenoxy) is 1. The van der Waals surface area contributed by atoms with Gasteiger partial charge in [-0.2, -0.15) is 0 Å². The van der Waals surface area contributed by atoms with Crippen molar-refractivity contribution in [2.45, 2.75) is 26.2 Å². The number of hydrogen-bond acceptors (Lipinski definition) is 3. The highest BCUT2D eigenvalue weighted by molar-refractivity contribution is 5.61. The van der Waals surface area contributed by atoms with E-state index in [9.17, 15) is 0 Å². The fourth-order valence-electron chi connectivity index (χ4n) is 3.48. The van der Waals surface area contributed by atoms with Gasteiger partial charge in [0.2, 0.25) is 0 Å². The van der Waals surface area contributed by atoms with Crippen LogP contribution in [-0.4, -0.2) is 19.7 Å². The second-order valence-electron chi connectivity index (χ2n) is 5.55.